The first-order valence-electron chi connectivity index (χ1n) is 10.4. The molecule has 1 aromatic heterocycles. The lowest BCUT2D eigenvalue weighted by atomic mass is 10.1. The minimum absolute atomic E-state index is 0.274. The van der Waals surface area contributed by atoms with E-state index in [9.17, 15) is 9.59 Å². The number of benzene rings is 1. The summed E-state index contributed by atoms with van der Waals surface area (Å²) in [7, 11) is 0. The van der Waals surface area contributed by atoms with E-state index in [2.05, 4.69) is 20.8 Å². The maximum absolute atomic E-state index is 15.0. The van der Waals surface area contributed by atoms with Crippen molar-refractivity contribution >= 4 is 40.9 Å². The third kappa shape index (κ3) is 6.57. The van der Waals surface area contributed by atoms with Crippen LogP contribution < -0.4 is 10.7 Å². The second kappa shape index (κ2) is 12.0. The summed E-state index contributed by atoms with van der Waals surface area (Å²) in [5.74, 6) is -0.557. The maximum atomic E-state index is 15.0. The number of thioether (sulfide) groups is 2. The number of carbonyl (C=O) groups excluding carboxylic acids is 2. The Kier molecular flexibility index (Phi) is 9.05. The third-order valence-corrected chi connectivity index (χ3v) is 7.02. The van der Waals surface area contributed by atoms with Crippen molar-refractivity contribution in [3.8, 4) is 0 Å². The lowest BCUT2D eigenvalue weighted by Crippen LogP contribution is -2.29. The van der Waals surface area contributed by atoms with E-state index in [0.717, 1.165) is 0 Å². The number of amides is 2. The SMILES string of the molecule is CS/C(CCNC(=O)c1ccc(C2Cn3c(C)cccccnc3C(F)(F)S2)cc1)=N\NC=O. The number of aromatic nitrogens is 2. The summed E-state index contributed by atoms with van der Waals surface area (Å²) in [6, 6.07) is 13.6. The van der Waals surface area contributed by atoms with E-state index in [-0.39, 0.29) is 11.7 Å². The molecular formula is C23H25F2N5O2S2. The Morgan fingerprint density at radius 2 is 2.06 bits per heavy atom. The van der Waals surface area contributed by atoms with E-state index < -0.39 is 10.5 Å². The van der Waals surface area contributed by atoms with E-state index in [0.29, 0.717) is 59.5 Å². The van der Waals surface area contributed by atoms with Crippen LogP contribution in [-0.4, -0.2) is 39.7 Å². The minimum Gasteiger partial charge on any atom is -0.352 e. The van der Waals surface area contributed by atoms with Crippen molar-refractivity contribution in [1.29, 1.82) is 0 Å². The summed E-state index contributed by atoms with van der Waals surface area (Å²) < 4.78 is 31.6. The molecule has 1 unspecified atom stereocenters. The van der Waals surface area contributed by atoms with Crippen molar-refractivity contribution in [3.05, 3.63) is 77.4 Å². The first-order chi connectivity index (χ1) is 16.4. The summed E-state index contributed by atoms with van der Waals surface area (Å²) in [4.78, 5) is 26.8. The maximum Gasteiger partial charge on any atom is 0.351 e. The molecule has 0 spiro atoms. The highest BCUT2D eigenvalue weighted by Gasteiger charge is 2.44. The van der Waals surface area contributed by atoms with Gasteiger partial charge in [-0.05, 0) is 43.0 Å². The zero-order valence-electron chi connectivity index (χ0n) is 18.7. The first-order valence-corrected chi connectivity index (χ1v) is 12.6. The summed E-state index contributed by atoms with van der Waals surface area (Å²) >= 11 is 1.94. The molecule has 0 saturated heterocycles. The van der Waals surface area contributed by atoms with Gasteiger partial charge in [0.2, 0.25) is 6.41 Å². The van der Waals surface area contributed by atoms with Gasteiger partial charge in [-0.1, -0.05) is 36.0 Å². The van der Waals surface area contributed by atoms with Crippen molar-refractivity contribution in [2.75, 3.05) is 12.8 Å². The molecule has 180 valence electrons. The van der Waals surface area contributed by atoms with Crippen molar-refractivity contribution < 1.29 is 18.4 Å². The van der Waals surface area contributed by atoms with Gasteiger partial charge in [-0.25, -0.2) is 10.4 Å². The number of hydrogen-bond donors (Lipinski definition) is 2. The van der Waals surface area contributed by atoms with Crippen molar-refractivity contribution in [3.63, 3.8) is 0 Å². The molecule has 2 aromatic rings. The van der Waals surface area contributed by atoms with E-state index in [1.54, 1.807) is 60.0 Å². The van der Waals surface area contributed by atoms with Gasteiger partial charge in [0.25, 0.3) is 5.91 Å². The number of hydrazone groups is 1. The molecule has 0 aliphatic carbocycles. The number of alkyl halides is 2. The fourth-order valence-corrected chi connectivity index (χ4v) is 4.95. The molecule has 2 N–H and O–H groups in total. The van der Waals surface area contributed by atoms with Crippen molar-refractivity contribution in [1.82, 2.24) is 20.3 Å². The smallest absolute Gasteiger partial charge is 0.351 e. The van der Waals surface area contributed by atoms with Gasteiger partial charge in [0.05, 0.1) is 10.3 Å². The van der Waals surface area contributed by atoms with Gasteiger partial charge in [0, 0.05) is 37.0 Å². The van der Waals surface area contributed by atoms with Gasteiger partial charge in [-0.15, -0.1) is 11.8 Å². The molecule has 0 saturated carbocycles. The number of fused-ring (bicyclic) bond motifs is 1. The average Bonchev–Trinajstić information content (AvgIpc) is 2.92. The topological polar surface area (TPSA) is 88.4 Å². The summed E-state index contributed by atoms with van der Waals surface area (Å²) in [6.45, 7) is 2.46. The second-order valence-corrected chi connectivity index (χ2v) is 9.50. The van der Waals surface area contributed by atoms with Gasteiger partial charge in [0.1, 0.15) is 0 Å². The molecule has 2 amide bonds. The number of nitrogens with one attached hydrogen (secondary N) is 2. The minimum atomic E-state index is -3.17. The molecule has 34 heavy (non-hydrogen) atoms. The normalized spacial score (nSPS) is 16.7. The summed E-state index contributed by atoms with van der Waals surface area (Å²) in [5, 5.41) is 3.68. The van der Waals surface area contributed by atoms with Crippen LogP contribution in [0, 0.1) is 6.92 Å². The Morgan fingerprint density at radius 1 is 1.29 bits per heavy atom. The third-order valence-electron chi connectivity index (χ3n) is 5.07. The fourth-order valence-electron chi connectivity index (χ4n) is 3.36. The van der Waals surface area contributed by atoms with Crippen LogP contribution >= 0.6 is 23.5 Å². The monoisotopic (exact) mass is 505 g/mol. The van der Waals surface area contributed by atoms with Gasteiger partial charge < -0.3 is 9.88 Å². The highest BCUT2D eigenvalue weighted by Crippen LogP contribution is 2.51. The van der Waals surface area contributed by atoms with Crippen molar-refractivity contribution in [2.45, 2.75) is 30.4 Å². The van der Waals surface area contributed by atoms with Crippen molar-refractivity contribution in [2.24, 2.45) is 5.10 Å². The van der Waals surface area contributed by atoms with E-state index >= 15 is 8.78 Å². The quantitative estimate of drug-likeness (QED) is 0.252. The molecule has 2 heterocycles. The Balaban J connectivity index is 1.73. The largest absolute Gasteiger partial charge is 0.352 e. The Bertz CT molecular complexity index is 1100. The van der Waals surface area contributed by atoms with Crippen LogP contribution in [0.25, 0.3) is 0 Å². The number of aryl methyl sites for hydroxylation is 1. The Morgan fingerprint density at radius 3 is 2.76 bits per heavy atom. The number of carbonyl (C=O) groups is 2. The van der Waals surface area contributed by atoms with Gasteiger partial charge in [0.15, 0.2) is 5.82 Å². The average molecular weight is 506 g/mol. The molecule has 1 aromatic carbocycles. The lowest BCUT2D eigenvalue weighted by Gasteiger charge is -2.32. The molecule has 1 aliphatic heterocycles. The predicted octanol–water partition coefficient (Wildman–Crippen LogP) is 4.40. The molecule has 3 rings (SSSR count). The predicted molar refractivity (Wildman–Crippen MR) is 132 cm³/mol. The Labute approximate surface area is 205 Å². The molecule has 0 bridgehead atoms. The van der Waals surface area contributed by atoms with Crippen LogP contribution in [-0.2, 0) is 16.6 Å². The van der Waals surface area contributed by atoms with Crippen LogP contribution in [0.2, 0.25) is 0 Å². The molecule has 1 aliphatic rings. The van der Waals surface area contributed by atoms with Crippen LogP contribution in [0.5, 0.6) is 0 Å². The summed E-state index contributed by atoms with van der Waals surface area (Å²) in [6.07, 6.45) is 4.15. The van der Waals surface area contributed by atoms with E-state index in [4.69, 9.17) is 0 Å². The molecule has 11 heteroatoms. The number of nitrogens with zero attached hydrogens (tertiary/aromatic N) is 3. The zero-order chi connectivity index (χ0) is 24.6. The lowest BCUT2D eigenvalue weighted by molar-refractivity contribution is -0.109. The van der Waals surface area contributed by atoms with E-state index in [1.807, 2.05) is 6.26 Å². The number of hydrogen-bond acceptors (Lipinski definition) is 6. The molecule has 0 fully saturated rings. The van der Waals surface area contributed by atoms with Crippen LogP contribution in [0.1, 0.15) is 39.1 Å². The Hall–Kier alpha value is -2.92. The highest BCUT2D eigenvalue weighted by molar-refractivity contribution is 8.13. The first kappa shape index (κ1) is 25.7. The van der Waals surface area contributed by atoms with Gasteiger partial charge in [-0.2, -0.15) is 13.9 Å². The zero-order valence-corrected chi connectivity index (χ0v) is 20.3. The van der Waals surface area contributed by atoms with E-state index in [1.165, 1.54) is 18.0 Å². The standard InChI is InChI=1S/C23H25F2N5O2S2/c1-16-6-4-3-5-12-27-22-23(24,25)34-19(14-30(16)22)17-7-9-18(10-8-17)21(32)26-13-11-20(33-2)29-28-15-31/h3-10,12,15,19H,11,13-14H2,1-2H3,(H,26,32)(H,28,31)/b4-3?,12-5?,16-6?,27-22?,29-20-. The van der Waals surface area contributed by atoms with Crippen LogP contribution in [0.3, 0.4) is 0 Å². The van der Waals surface area contributed by atoms with Gasteiger partial charge in [-0.3, -0.25) is 9.59 Å². The molecule has 1 atom stereocenters. The molecule has 0 radical (unpaired) electrons. The number of halogens is 2. The second-order valence-electron chi connectivity index (χ2n) is 7.31. The van der Waals surface area contributed by atoms with Crippen LogP contribution in [0.4, 0.5) is 8.78 Å². The van der Waals surface area contributed by atoms with Gasteiger partial charge >= 0.3 is 5.25 Å². The number of rotatable bonds is 7. The highest BCUT2D eigenvalue weighted by atomic mass is 32.2. The summed E-state index contributed by atoms with van der Waals surface area (Å²) in [5.41, 5.74) is 4.05. The van der Waals surface area contributed by atoms with Crippen LogP contribution in [0.15, 0.2) is 59.8 Å². The fraction of sp³-hybridized carbons (Fsp3) is 0.304. The molecular weight excluding hydrogens is 480 g/mol. The molecule has 7 nitrogen and oxygen atoms in total.